The number of anilines is 6. The molecule has 3 amide bonds. The third-order valence-corrected chi connectivity index (χ3v) is 16.6. The summed E-state index contributed by atoms with van der Waals surface area (Å²) in [5, 5.41) is 17.0. The van der Waals surface area contributed by atoms with Gasteiger partial charge in [0.25, 0.3) is 5.91 Å². The number of hydrogen-bond donors (Lipinski definition) is 3. The highest BCUT2D eigenvalue weighted by Crippen LogP contribution is 2.42. The molecule has 0 aromatic carbocycles. The van der Waals surface area contributed by atoms with Crippen LogP contribution in [0.25, 0.3) is 0 Å². The zero-order valence-electron chi connectivity index (χ0n) is 40.9. The lowest BCUT2D eigenvalue weighted by atomic mass is 9.89. The van der Waals surface area contributed by atoms with E-state index in [4.69, 9.17) is 9.97 Å². The average molecular weight is 937 g/mol. The second kappa shape index (κ2) is 20.5. The second-order valence-corrected chi connectivity index (χ2v) is 22.2. The van der Waals surface area contributed by atoms with Gasteiger partial charge in [0.1, 0.15) is 29.1 Å². The van der Waals surface area contributed by atoms with Crippen molar-refractivity contribution in [2.45, 2.75) is 173 Å². The van der Waals surface area contributed by atoms with Crippen molar-refractivity contribution in [3.63, 3.8) is 0 Å². The zero-order valence-corrected chi connectivity index (χ0v) is 41.7. The lowest BCUT2D eigenvalue weighted by Crippen LogP contribution is -2.55. The van der Waals surface area contributed by atoms with E-state index in [0.717, 1.165) is 87.2 Å². The first-order valence-corrected chi connectivity index (χ1v) is 26.5. The fourth-order valence-electron chi connectivity index (χ4n) is 11.2. The Morgan fingerprint density at radius 3 is 1.44 bits per heavy atom. The summed E-state index contributed by atoms with van der Waals surface area (Å²) in [6.45, 7) is 13.9. The minimum Gasteiger partial charge on any atom is -0.381 e. The maximum absolute atomic E-state index is 13.1. The SMILES string of the molecule is CCC1C(=O)N(C)c2cnc(NC(C)C3CCN(C(=O)C(C)(C)O)CC3)nc2N1C1CCCC1.CCC1C(=O)N(C)c2cnc(NC(C)C3CCN(S(C)(=O)=O)CC3)nc2N1C1CCCC1. The summed E-state index contributed by atoms with van der Waals surface area (Å²) < 4.78 is 25.1. The average Bonchev–Trinajstić information content (AvgIpc) is 4.04. The number of aliphatic hydroxyl groups is 1. The molecule has 66 heavy (non-hydrogen) atoms. The predicted octanol–water partition coefficient (Wildman–Crippen LogP) is 5.24. The first-order valence-electron chi connectivity index (χ1n) is 24.7. The summed E-state index contributed by atoms with van der Waals surface area (Å²) in [7, 11) is 0.502. The summed E-state index contributed by atoms with van der Waals surface area (Å²) in [4.78, 5) is 67.1. The lowest BCUT2D eigenvalue weighted by molar-refractivity contribution is -0.149. The summed E-state index contributed by atoms with van der Waals surface area (Å²) in [5.41, 5.74) is 0.216. The number of nitrogens with zero attached hydrogens (tertiary/aromatic N) is 10. The molecule has 0 bridgehead atoms. The van der Waals surface area contributed by atoms with Gasteiger partial charge in [-0.15, -0.1) is 0 Å². The molecule has 4 fully saturated rings. The number of likely N-dealkylation sites (tertiary alicyclic amines) is 1. The Balaban J connectivity index is 0.000000197. The molecule has 366 valence electrons. The molecular formula is C47H76N12O6S. The molecule has 4 unspecified atom stereocenters. The van der Waals surface area contributed by atoms with Gasteiger partial charge in [-0.05, 0) is 104 Å². The van der Waals surface area contributed by atoms with Crippen molar-refractivity contribution >= 4 is 62.7 Å². The third-order valence-electron chi connectivity index (χ3n) is 15.3. The van der Waals surface area contributed by atoms with Gasteiger partial charge in [-0.3, -0.25) is 14.4 Å². The molecule has 3 N–H and O–H groups in total. The number of sulfonamides is 1. The van der Waals surface area contributed by atoms with Crippen molar-refractivity contribution in [1.29, 1.82) is 0 Å². The molecule has 2 aliphatic carbocycles. The molecule has 2 saturated heterocycles. The molecule has 6 aliphatic rings. The standard InChI is InChI=1S/C25H40N6O3.C22H36N6O3S/c1-6-19-22(32)29(5)20-15-26-24(28-21(20)31(19)18-9-7-8-10-18)27-16(2)17-11-13-30(14-12-17)23(33)25(3,4)34;1-5-18-21(29)26(3)19-14-23-22(25-20(19)28(18)17-8-6-7-9-17)24-15(2)16-10-12-27(13-11-16)32(4,30)31/h15-19,34H,6-14H2,1-5H3,(H,26,27,28);14-18H,5-13H2,1-4H3,(H,23,24,25). The third kappa shape index (κ3) is 10.5. The Labute approximate surface area is 392 Å². The van der Waals surface area contributed by atoms with Gasteiger partial charge >= 0.3 is 0 Å². The molecule has 6 heterocycles. The molecule has 4 atom stereocenters. The van der Waals surface area contributed by atoms with Gasteiger partial charge in [0.2, 0.25) is 33.7 Å². The number of fused-ring (bicyclic) bond motifs is 2. The van der Waals surface area contributed by atoms with Crippen LogP contribution in [0.5, 0.6) is 0 Å². The monoisotopic (exact) mass is 937 g/mol. The first kappa shape index (κ1) is 49.5. The van der Waals surface area contributed by atoms with E-state index in [1.54, 1.807) is 45.2 Å². The van der Waals surface area contributed by atoms with Crippen LogP contribution in [-0.4, -0.2) is 149 Å². The van der Waals surface area contributed by atoms with Crippen LogP contribution in [0.4, 0.5) is 34.9 Å². The van der Waals surface area contributed by atoms with Crippen molar-refractivity contribution in [3.05, 3.63) is 12.4 Å². The maximum atomic E-state index is 13.1. The Morgan fingerprint density at radius 1 is 0.712 bits per heavy atom. The zero-order chi connectivity index (χ0) is 47.7. The van der Waals surface area contributed by atoms with Gasteiger partial charge in [0.15, 0.2) is 11.6 Å². The molecule has 0 radical (unpaired) electrons. The normalized spacial score (nSPS) is 23.9. The minimum atomic E-state index is -3.13. The molecule has 2 saturated carbocycles. The van der Waals surface area contributed by atoms with E-state index in [9.17, 15) is 27.9 Å². The topological polar surface area (TPSA) is 201 Å². The van der Waals surface area contributed by atoms with Gasteiger partial charge in [-0.25, -0.2) is 22.7 Å². The van der Waals surface area contributed by atoms with Gasteiger partial charge in [-0.2, -0.15) is 9.97 Å². The highest BCUT2D eigenvalue weighted by molar-refractivity contribution is 7.88. The van der Waals surface area contributed by atoms with Crippen LogP contribution in [0.1, 0.15) is 131 Å². The Morgan fingerprint density at radius 2 is 1.09 bits per heavy atom. The van der Waals surface area contributed by atoms with Crippen molar-refractivity contribution in [2.24, 2.45) is 11.8 Å². The van der Waals surface area contributed by atoms with Crippen LogP contribution >= 0.6 is 0 Å². The van der Waals surface area contributed by atoms with E-state index in [1.807, 2.05) is 14.1 Å². The van der Waals surface area contributed by atoms with Gasteiger partial charge in [0.05, 0.1) is 18.6 Å². The van der Waals surface area contributed by atoms with E-state index in [-0.39, 0.29) is 41.9 Å². The van der Waals surface area contributed by atoms with Crippen molar-refractivity contribution in [3.8, 4) is 0 Å². The first-order chi connectivity index (χ1) is 31.3. The highest BCUT2D eigenvalue weighted by Gasteiger charge is 2.43. The lowest BCUT2D eigenvalue weighted by Gasteiger charge is -2.43. The smallest absolute Gasteiger partial charge is 0.253 e. The molecule has 2 aromatic heterocycles. The predicted molar refractivity (Wildman–Crippen MR) is 259 cm³/mol. The van der Waals surface area contributed by atoms with Crippen molar-refractivity contribution < 1.29 is 27.9 Å². The number of carbonyl (C=O) groups is 3. The number of piperidine rings is 2. The van der Waals surface area contributed by atoms with E-state index in [2.05, 4.69) is 58.1 Å². The van der Waals surface area contributed by atoms with E-state index in [1.165, 1.54) is 31.9 Å². The molecule has 0 spiro atoms. The number of nitrogens with one attached hydrogen (secondary N) is 2. The number of amides is 3. The van der Waals surface area contributed by atoms with Crippen molar-refractivity contribution in [1.82, 2.24) is 29.1 Å². The van der Waals surface area contributed by atoms with Crippen LogP contribution in [0, 0.1) is 11.8 Å². The summed E-state index contributed by atoms with van der Waals surface area (Å²) >= 11 is 0. The van der Waals surface area contributed by atoms with Crippen LogP contribution < -0.4 is 30.2 Å². The summed E-state index contributed by atoms with van der Waals surface area (Å²) in [5.74, 6) is 3.62. The quantitative estimate of drug-likeness (QED) is 0.250. The van der Waals surface area contributed by atoms with Crippen molar-refractivity contribution in [2.75, 3.05) is 76.8 Å². The molecule has 8 rings (SSSR count). The maximum Gasteiger partial charge on any atom is 0.253 e. The van der Waals surface area contributed by atoms with E-state index in [0.29, 0.717) is 62.0 Å². The number of hydrogen-bond acceptors (Lipinski definition) is 14. The van der Waals surface area contributed by atoms with Gasteiger partial charge in [-0.1, -0.05) is 39.5 Å². The second-order valence-electron chi connectivity index (χ2n) is 20.2. The number of carbonyl (C=O) groups excluding carboxylic acids is 3. The number of rotatable bonds is 12. The fraction of sp³-hybridized carbons (Fsp3) is 0.766. The van der Waals surface area contributed by atoms with Crippen LogP contribution in [0.3, 0.4) is 0 Å². The summed E-state index contributed by atoms with van der Waals surface area (Å²) in [6, 6.07) is 0.590. The molecule has 2 aromatic rings. The van der Waals surface area contributed by atoms with Gasteiger partial charge < -0.3 is 40.2 Å². The van der Waals surface area contributed by atoms with E-state index >= 15 is 0 Å². The molecule has 18 nitrogen and oxygen atoms in total. The number of aromatic nitrogens is 4. The van der Waals surface area contributed by atoms with Crippen LogP contribution in [0.2, 0.25) is 0 Å². The van der Waals surface area contributed by atoms with E-state index < -0.39 is 15.6 Å². The Kier molecular flexibility index (Phi) is 15.4. The molecular weight excluding hydrogens is 861 g/mol. The van der Waals surface area contributed by atoms with Crippen LogP contribution in [-0.2, 0) is 24.4 Å². The molecule has 19 heteroatoms. The number of likely N-dealkylation sites (N-methyl/N-ethyl adjacent to an activating group) is 2. The van der Waals surface area contributed by atoms with Gasteiger partial charge in [0, 0.05) is 64.4 Å². The summed E-state index contributed by atoms with van der Waals surface area (Å²) in [6.07, 6.45) is 18.8. The fourth-order valence-corrected chi connectivity index (χ4v) is 12.1. The molecule has 4 aliphatic heterocycles. The largest absolute Gasteiger partial charge is 0.381 e. The minimum absolute atomic E-state index is 0.113. The Hall–Kier alpha value is -4.36. The van der Waals surface area contributed by atoms with Crippen LogP contribution in [0.15, 0.2) is 12.4 Å². The highest BCUT2D eigenvalue weighted by atomic mass is 32.2. The Bertz CT molecular complexity index is 2150.